The minimum Gasteiger partial charge on any atom is -0.447 e. The molecule has 0 aromatic carbocycles. The van der Waals surface area contributed by atoms with E-state index in [1.807, 2.05) is 6.92 Å². The molecule has 0 fully saturated rings. The van der Waals surface area contributed by atoms with Crippen LogP contribution in [-0.2, 0) is 9.16 Å². The van der Waals surface area contributed by atoms with Gasteiger partial charge in [0, 0.05) is 6.61 Å². The van der Waals surface area contributed by atoms with Crippen molar-refractivity contribution in [2.24, 2.45) is 5.73 Å². The van der Waals surface area contributed by atoms with Gasteiger partial charge in [0.15, 0.2) is 8.32 Å². The largest absolute Gasteiger partial charge is 0.447 e. The van der Waals surface area contributed by atoms with Crippen molar-refractivity contribution < 1.29 is 14.0 Å². The van der Waals surface area contributed by atoms with Crippen LogP contribution in [0.25, 0.3) is 0 Å². The Labute approximate surface area is 106 Å². The minimum absolute atomic E-state index is 0.129. The number of hydrogen-bond acceptors (Lipinski definition) is 3. The van der Waals surface area contributed by atoms with Gasteiger partial charge in [-0.15, -0.1) is 0 Å². The van der Waals surface area contributed by atoms with Crippen LogP contribution in [0.5, 0.6) is 0 Å². The summed E-state index contributed by atoms with van der Waals surface area (Å²) in [7, 11) is -1.64. The SMILES string of the molecule is CC(CCCO[Si](C)(C)C(C)(C)C)OC(N)=O. The number of primary amides is 1. The lowest BCUT2D eigenvalue weighted by Gasteiger charge is -2.36. The van der Waals surface area contributed by atoms with Crippen molar-refractivity contribution in [2.45, 2.75) is 64.8 Å². The highest BCUT2D eigenvalue weighted by atomic mass is 28.4. The van der Waals surface area contributed by atoms with Crippen LogP contribution < -0.4 is 5.73 Å². The van der Waals surface area contributed by atoms with E-state index in [0.717, 1.165) is 19.4 Å². The molecule has 0 heterocycles. The van der Waals surface area contributed by atoms with Crippen LogP contribution in [-0.4, -0.2) is 27.1 Å². The lowest BCUT2D eigenvalue weighted by atomic mass is 10.2. The third-order valence-electron chi connectivity index (χ3n) is 3.34. The molecule has 0 radical (unpaired) electrons. The molecule has 0 aromatic rings. The molecule has 0 aliphatic rings. The highest BCUT2D eigenvalue weighted by Gasteiger charge is 2.36. The van der Waals surface area contributed by atoms with Crippen molar-refractivity contribution in [1.29, 1.82) is 0 Å². The molecule has 0 aromatic heterocycles. The first-order valence-electron chi connectivity index (χ1n) is 6.16. The van der Waals surface area contributed by atoms with E-state index >= 15 is 0 Å². The lowest BCUT2D eigenvalue weighted by molar-refractivity contribution is 0.106. The predicted molar refractivity (Wildman–Crippen MR) is 72.5 cm³/mol. The Morgan fingerprint density at radius 3 is 2.29 bits per heavy atom. The van der Waals surface area contributed by atoms with Crippen LogP contribution in [0.3, 0.4) is 0 Å². The van der Waals surface area contributed by atoms with E-state index in [1.165, 1.54) is 0 Å². The van der Waals surface area contributed by atoms with Crippen molar-refractivity contribution in [3.8, 4) is 0 Å². The average Bonchev–Trinajstić information content (AvgIpc) is 2.09. The first kappa shape index (κ1) is 16.4. The fraction of sp³-hybridized carbons (Fsp3) is 0.917. The monoisotopic (exact) mass is 261 g/mol. The maximum atomic E-state index is 10.5. The van der Waals surface area contributed by atoms with Gasteiger partial charge in [0.05, 0.1) is 0 Å². The molecule has 0 saturated carbocycles. The van der Waals surface area contributed by atoms with E-state index in [-0.39, 0.29) is 11.1 Å². The Morgan fingerprint density at radius 2 is 1.88 bits per heavy atom. The summed E-state index contributed by atoms with van der Waals surface area (Å²) < 4.78 is 10.9. The minimum atomic E-state index is -1.64. The summed E-state index contributed by atoms with van der Waals surface area (Å²) in [5.41, 5.74) is 4.94. The Morgan fingerprint density at radius 1 is 1.35 bits per heavy atom. The summed E-state index contributed by atoms with van der Waals surface area (Å²) in [6.45, 7) is 13.7. The third kappa shape index (κ3) is 6.68. The summed E-state index contributed by atoms with van der Waals surface area (Å²) in [6, 6.07) is 0. The van der Waals surface area contributed by atoms with E-state index in [9.17, 15) is 4.79 Å². The molecule has 0 saturated heterocycles. The number of hydrogen-bond donors (Lipinski definition) is 1. The quantitative estimate of drug-likeness (QED) is 0.589. The van der Waals surface area contributed by atoms with E-state index in [1.54, 1.807) is 0 Å². The summed E-state index contributed by atoms with van der Waals surface area (Å²) in [5, 5.41) is 0.238. The van der Waals surface area contributed by atoms with Gasteiger partial charge in [0.2, 0.25) is 0 Å². The zero-order chi connectivity index (χ0) is 13.7. The zero-order valence-electron chi connectivity index (χ0n) is 12.0. The standard InChI is InChI=1S/C12H27NO3Si/c1-10(16-11(13)14)8-7-9-15-17(5,6)12(2,3)4/h10H,7-9H2,1-6H3,(H2,13,14). The van der Waals surface area contributed by atoms with Gasteiger partial charge < -0.3 is 14.9 Å². The smallest absolute Gasteiger partial charge is 0.404 e. The van der Waals surface area contributed by atoms with Crippen LogP contribution in [0.1, 0.15) is 40.5 Å². The third-order valence-corrected chi connectivity index (χ3v) is 7.88. The van der Waals surface area contributed by atoms with Crippen LogP contribution in [0.4, 0.5) is 4.79 Å². The number of carbonyl (C=O) groups is 1. The molecule has 2 N–H and O–H groups in total. The maximum absolute atomic E-state index is 10.5. The Hall–Kier alpha value is -0.553. The zero-order valence-corrected chi connectivity index (χ0v) is 13.0. The van der Waals surface area contributed by atoms with Crippen molar-refractivity contribution in [3.63, 3.8) is 0 Å². The van der Waals surface area contributed by atoms with Gasteiger partial charge in [0.1, 0.15) is 6.10 Å². The van der Waals surface area contributed by atoms with E-state index < -0.39 is 14.4 Å². The van der Waals surface area contributed by atoms with Crippen molar-refractivity contribution in [1.82, 2.24) is 0 Å². The van der Waals surface area contributed by atoms with Gasteiger partial charge in [-0.05, 0) is 37.9 Å². The fourth-order valence-corrected chi connectivity index (χ4v) is 2.26. The first-order chi connectivity index (χ1) is 7.56. The lowest BCUT2D eigenvalue weighted by Crippen LogP contribution is -2.41. The van der Waals surface area contributed by atoms with Gasteiger partial charge in [-0.2, -0.15) is 0 Å². The molecule has 1 amide bonds. The fourth-order valence-electron chi connectivity index (χ4n) is 1.17. The Balaban J connectivity index is 3.82. The molecule has 1 atom stereocenters. The second-order valence-electron chi connectivity index (χ2n) is 6.00. The topological polar surface area (TPSA) is 61.6 Å². The molecule has 4 nitrogen and oxygen atoms in total. The van der Waals surface area contributed by atoms with Crippen LogP contribution >= 0.6 is 0 Å². The molecular formula is C12H27NO3Si. The van der Waals surface area contributed by atoms with Crippen LogP contribution in [0, 0.1) is 0 Å². The first-order valence-corrected chi connectivity index (χ1v) is 9.07. The van der Waals surface area contributed by atoms with E-state index in [2.05, 4.69) is 33.9 Å². The molecule has 0 bridgehead atoms. The maximum Gasteiger partial charge on any atom is 0.404 e. The van der Waals surface area contributed by atoms with Gasteiger partial charge in [0.25, 0.3) is 0 Å². The number of nitrogens with two attached hydrogens (primary N) is 1. The van der Waals surface area contributed by atoms with Crippen LogP contribution in [0.2, 0.25) is 18.1 Å². The van der Waals surface area contributed by atoms with Crippen LogP contribution in [0.15, 0.2) is 0 Å². The number of ether oxygens (including phenoxy) is 1. The number of carbonyl (C=O) groups excluding carboxylic acids is 1. The molecule has 0 aliphatic heterocycles. The second-order valence-corrected chi connectivity index (χ2v) is 10.8. The van der Waals surface area contributed by atoms with Crippen molar-refractivity contribution >= 4 is 14.4 Å². The molecular weight excluding hydrogens is 234 g/mol. The summed E-state index contributed by atoms with van der Waals surface area (Å²) in [6.07, 6.45) is 0.844. The number of amides is 1. The van der Waals surface area contributed by atoms with Crippen molar-refractivity contribution in [2.75, 3.05) is 6.61 Å². The molecule has 0 aliphatic carbocycles. The summed E-state index contributed by atoms with van der Waals surface area (Å²) >= 11 is 0. The average molecular weight is 261 g/mol. The second kappa shape index (κ2) is 6.40. The molecule has 102 valence electrons. The van der Waals surface area contributed by atoms with Gasteiger partial charge in [-0.25, -0.2) is 4.79 Å². The molecule has 17 heavy (non-hydrogen) atoms. The van der Waals surface area contributed by atoms with Gasteiger partial charge in [-0.3, -0.25) is 0 Å². The highest BCUT2D eigenvalue weighted by Crippen LogP contribution is 2.36. The highest BCUT2D eigenvalue weighted by molar-refractivity contribution is 6.74. The molecule has 0 spiro atoms. The number of rotatable bonds is 6. The molecule has 1 unspecified atom stereocenters. The van der Waals surface area contributed by atoms with E-state index in [4.69, 9.17) is 14.9 Å². The Bertz CT molecular complexity index is 249. The summed E-state index contributed by atoms with van der Waals surface area (Å²) in [5.74, 6) is 0. The summed E-state index contributed by atoms with van der Waals surface area (Å²) in [4.78, 5) is 10.5. The predicted octanol–water partition coefficient (Wildman–Crippen LogP) is 3.27. The Kier molecular flexibility index (Phi) is 6.19. The van der Waals surface area contributed by atoms with Gasteiger partial charge in [-0.1, -0.05) is 20.8 Å². The van der Waals surface area contributed by atoms with Gasteiger partial charge >= 0.3 is 6.09 Å². The van der Waals surface area contributed by atoms with E-state index in [0.29, 0.717) is 0 Å². The molecule has 5 heteroatoms. The van der Waals surface area contributed by atoms with Crippen molar-refractivity contribution in [3.05, 3.63) is 0 Å². The molecule has 0 rings (SSSR count). The normalized spacial score (nSPS) is 14.5.